The summed E-state index contributed by atoms with van der Waals surface area (Å²) in [4.78, 5) is 0. The monoisotopic (exact) mass is 1670 g/mol. The van der Waals surface area contributed by atoms with Gasteiger partial charge in [-0.25, -0.2) is 0 Å². The molecule has 18 rings (SSSR count). The maximum Gasteiger partial charge on any atom is 0.127 e. The molecule has 5 aliphatic heterocycles. The van der Waals surface area contributed by atoms with Crippen LogP contribution in [0.15, 0.2) is 315 Å². The minimum Gasteiger partial charge on any atom is -0.508 e. The fourth-order valence-electron chi connectivity index (χ4n) is 11.0. The highest BCUT2D eigenvalue weighted by molar-refractivity contribution is 5.91. The van der Waals surface area contributed by atoms with Crippen molar-refractivity contribution in [3.8, 4) is 57.5 Å². The van der Waals surface area contributed by atoms with Crippen LogP contribution in [0.3, 0.4) is 0 Å². The van der Waals surface area contributed by atoms with Crippen LogP contribution in [0.5, 0.6) is 57.5 Å². The lowest BCUT2D eigenvalue weighted by molar-refractivity contribution is 0.263. The van der Waals surface area contributed by atoms with Crippen molar-refractivity contribution in [2.45, 2.75) is 170 Å². The molecule has 0 aliphatic carbocycles. The molecular formula is C108H134O15. The zero-order valence-electron chi connectivity index (χ0n) is 74.4. The van der Waals surface area contributed by atoms with E-state index in [0.29, 0.717) is 104 Å². The Hall–Kier alpha value is -11.6. The number of hydrogen-bond acceptors (Lipinski definition) is 15. The molecule has 5 saturated heterocycles. The molecule has 0 saturated carbocycles. The number of aromatic hydroxyl groups is 5. The maximum absolute atomic E-state index is 9.28. The predicted octanol–water partition coefficient (Wildman–Crippen LogP) is 26.3. The number of unbranched alkanes of at least 4 members (excludes halogenated alkanes) is 2. The molecule has 0 bridgehead atoms. The Morgan fingerprint density at radius 1 is 0.285 bits per heavy atom. The van der Waals surface area contributed by atoms with Gasteiger partial charge in [-0.15, -0.1) is 0 Å². The van der Waals surface area contributed by atoms with Gasteiger partial charge < -0.3 is 72.9 Å². The van der Waals surface area contributed by atoms with Crippen molar-refractivity contribution in [1.82, 2.24) is 0 Å². The first-order valence-corrected chi connectivity index (χ1v) is 43.5. The van der Waals surface area contributed by atoms with Crippen LogP contribution in [0, 0.1) is 6.92 Å². The highest BCUT2D eigenvalue weighted by atomic mass is 16.6. The van der Waals surface area contributed by atoms with E-state index in [1.54, 1.807) is 84.9 Å². The lowest BCUT2D eigenvalue weighted by atomic mass is 9.99. The van der Waals surface area contributed by atoms with Gasteiger partial charge in [0.1, 0.15) is 121 Å². The molecule has 5 fully saturated rings. The number of phenols is 5. The van der Waals surface area contributed by atoms with E-state index in [4.69, 9.17) is 62.7 Å². The Bertz CT molecular complexity index is 4590. The van der Waals surface area contributed by atoms with Gasteiger partial charge in [0, 0.05) is 16.2 Å². The Morgan fingerprint density at radius 2 is 0.569 bits per heavy atom. The Labute approximate surface area is 732 Å². The van der Waals surface area contributed by atoms with E-state index >= 15 is 0 Å². The van der Waals surface area contributed by atoms with Gasteiger partial charge in [0.2, 0.25) is 0 Å². The SMILES string of the molecule is CC(C)c1ccccc1O.CC(C)c1ccccc1O.CCC.CCC.CCC.CCCCCc1ccc(OCC2CO2)c2ccccc12.Cc1ccc(OCC2CO2)cc1.Oc1ccccc1.Oc1ccccc1.Oc1ccccc1.c1ccc(OCC2CO2)cc1.c1ccc2c(OCC3CO3)cccc2c1.c1ccc2c(OCC3CO3)cccc2c1. The largest absolute Gasteiger partial charge is 0.508 e. The molecular weight excluding hydrogens is 1540 g/mol. The van der Waals surface area contributed by atoms with Crippen molar-refractivity contribution in [1.29, 1.82) is 0 Å². The lowest BCUT2D eigenvalue weighted by Gasteiger charge is -2.12. The van der Waals surface area contributed by atoms with E-state index in [9.17, 15) is 10.2 Å². The smallest absolute Gasteiger partial charge is 0.127 e. The number of hydrogen-bond donors (Lipinski definition) is 5. The van der Waals surface area contributed by atoms with Crippen LogP contribution in [0.1, 0.15) is 149 Å². The topological polar surface area (TPSA) is 210 Å². The summed E-state index contributed by atoms with van der Waals surface area (Å²) in [5, 5.41) is 51.8. The molecule has 5 unspecified atom stereocenters. The van der Waals surface area contributed by atoms with Gasteiger partial charge in [-0.05, 0) is 155 Å². The molecule has 0 aromatic heterocycles. The van der Waals surface area contributed by atoms with E-state index in [0.717, 1.165) is 79.3 Å². The summed E-state index contributed by atoms with van der Waals surface area (Å²) in [7, 11) is 0. The standard InChI is InChI=1S/C18H22O2.2C13H12O2.C10H12O2.C9H10O2.2C9H12O.3C6H6O.3C3H8/c1-2-3-4-7-14-10-11-18(20-13-15-12-19-15)17-9-6-5-8-16(14)17;2*1-2-6-12-10(4-1)5-3-7-13(12)15-9-11-8-14-11;1-8-2-4-9(5-3-8)11-6-10-7-12-10;1-2-4-8(5-3-1)10-6-9-7-11-9;2*1-7(2)8-5-3-4-6-9(8)10;3*7-6-4-2-1-3-5-6;3*1-3-2/h5-6,8-11,15H,2-4,7,12-13H2,1H3;2*1-7,11H,8-9H2;2-5,10H,6-7H2,1H3;1-5,9H,6-7H2;2*3-7,10H,1-2H3;3*1-5,7H;3*3H2,1-2H3. The predicted molar refractivity (Wildman–Crippen MR) is 505 cm³/mol. The van der Waals surface area contributed by atoms with Crippen molar-refractivity contribution >= 4 is 32.3 Å². The maximum atomic E-state index is 9.28. The fraction of sp³-hybridized carbons (Fsp3) is 0.333. The average Bonchev–Trinajstić information content (AvgIpc) is 1.06. The van der Waals surface area contributed by atoms with Crippen LogP contribution in [-0.2, 0) is 30.1 Å². The summed E-state index contributed by atoms with van der Waals surface area (Å²) in [5.41, 5.74) is 4.72. The van der Waals surface area contributed by atoms with E-state index in [1.165, 1.54) is 82.0 Å². The number of aryl methyl sites for hydroxylation is 2. The van der Waals surface area contributed by atoms with Gasteiger partial charge in [0.05, 0.1) is 33.0 Å². The molecule has 5 N–H and O–H groups in total. The van der Waals surface area contributed by atoms with Crippen molar-refractivity contribution in [2.75, 3.05) is 66.1 Å². The third-order valence-corrected chi connectivity index (χ3v) is 17.8. The van der Waals surface area contributed by atoms with Crippen LogP contribution >= 0.6 is 0 Å². The van der Waals surface area contributed by atoms with E-state index in [-0.39, 0.29) is 0 Å². The van der Waals surface area contributed by atoms with Crippen LogP contribution in [0.4, 0.5) is 0 Å². The van der Waals surface area contributed by atoms with Crippen LogP contribution in [0.2, 0.25) is 0 Å². The second kappa shape index (κ2) is 60.0. The van der Waals surface area contributed by atoms with Crippen molar-refractivity contribution in [2.24, 2.45) is 0 Å². The summed E-state index contributed by atoms with van der Waals surface area (Å²) in [6, 6.07) is 100. The summed E-state index contributed by atoms with van der Waals surface area (Å²) in [6.45, 7) is 32.9. The van der Waals surface area contributed by atoms with Crippen molar-refractivity contribution < 1.29 is 72.9 Å². The molecule has 656 valence electrons. The minimum absolute atomic E-state index is 0.304. The third-order valence-electron chi connectivity index (χ3n) is 17.8. The Morgan fingerprint density at radius 3 is 0.886 bits per heavy atom. The first-order valence-electron chi connectivity index (χ1n) is 43.5. The zero-order chi connectivity index (χ0) is 88.4. The fourth-order valence-corrected chi connectivity index (χ4v) is 11.0. The number of ether oxygens (including phenoxy) is 10. The second-order valence-electron chi connectivity index (χ2n) is 30.2. The Kier molecular flexibility index (Phi) is 48.9. The normalized spacial score (nSPS) is 15.0. The average molecular weight is 1670 g/mol. The molecule has 0 spiro atoms. The molecule has 123 heavy (non-hydrogen) atoms. The highest BCUT2D eigenvalue weighted by Crippen LogP contribution is 2.33. The Balaban J connectivity index is 0.000000212. The summed E-state index contributed by atoms with van der Waals surface area (Å²) >= 11 is 0. The third kappa shape index (κ3) is 44.2. The summed E-state index contributed by atoms with van der Waals surface area (Å²) in [6.07, 6.45) is 10.3. The van der Waals surface area contributed by atoms with E-state index in [2.05, 4.69) is 156 Å². The molecule has 5 aliphatic rings. The van der Waals surface area contributed by atoms with Crippen LogP contribution in [0.25, 0.3) is 32.3 Å². The number of benzene rings is 13. The van der Waals surface area contributed by atoms with Gasteiger partial charge in [0.15, 0.2) is 0 Å². The number of epoxide rings is 5. The molecule has 13 aromatic carbocycles. The number of phenolic OH excluding ortho intramolecular Hbond substituents is 5. The summed E-state index contributed by atoms with van der Waals surface area (Å²) in [5.74, 6) is 7.30. The first-order chi connectivity index (χ1) is 59.9. The minimum atomic E-state index is 0.304. The lowest BCUT2D eigenvalue weighted by Crippen LogP contribution is -2.04. The molecule has 15 heteroatoms. The molecule has 15 nitrogen and oxygen atoms in total. The van der Waals surface area contributed by atoms with Gasteiger partial charge in [-0.1, -0.05) is 338 Å². The van der Waals surface area contributed by atoms with Gasteiger partial charge in [-0.3, -0.25) is 0 Å². The zero-order valence-corrected chi connectivity index (χ0v) is 74.4. The first kappa shape index (κ1) is 100. The number of fused-ring (bicyclic) bond motifs is 3. The van der Waals surface area contributed by atoms with E-state index in [1.807, 2.05) is 158 Å². The van der Waals surface area contributed by atoms with Crippen molar-refractivity contribution in [3.63, 3.8) is 0 Å². The van der Waals surface area contributed by atoms with Gasteiger partial charge >= 0.3 is 0 Å². The molecule has 0 amide bonds. The van der Waals surface area contributed by atoms with Crippen molar-refractivity contribution in [3.05, 3.63) is 338 Å². The highest BCUT2D eigenvalue weighted by Gasteiger charge is 2.26. The van der Waals surface area contributed by atoms with Gasteiger partial charge in [-0.2, -0.15) is 0 Å². The number of para-hydroxylation sites is 6. The molecule has 13 aromatic rings. The van der Waals surface area contributed by atoms with Gasteiger partial charge in [0.25, 0.3) is 0 Å². The molecule has 5 atom stereocenters. The van der Waals surface area contributed by atoms with Crippen LogP contribution < -0.4 is 23.7 Å². The van der Waals surface area contributed by atoms with Crippen LogP contribution in [-0.4, -0.2) is 122 Å². The number of rotatable bonds is 21. The molecule has 5 heterocycles. The van der Waals surface area contributed by atoms with E-state index < -0.39 is 0 Å². The quantitative estimate of drug-likeness (QED) is 0.0335. The second-order valence-corrected chi connectivity index (χ2v) is 30.2. The summed E-state index contributed by atoms with van der Waals surface area (Å²) < 4.78 is 53.7. The molecule has 0 radical (unpaired) electrons.